The minimum absolute atomic E-state index is 0.864. The monoisotopic (exact) mass is 290 g/mol. The maximum Gasteiger partial charge on any atom is 0.0798 e. The van der Waals surface area contributed by atoms with Crippen LogP contribution in [-0.4, -0.2) is 23.6 Å². The van der Waals surface area contributed by atoms with Gasteiger partial charge < -0.3 is 10.2 Å². The van der Waals surface area contributed by atoms with Crippen LogP contribution in [0.2, 0.25) is 0 Å². The number of nitrogens with one attached hydrogen (secondary N) is 1. The third-order valence-electron chi connectivity index (χ3n) is 3.26. The van der Waals surface area contributed by atoms with Gasteiger partial charge in [-0.05, 0) is 26.0 Å². The highest BCUT2D eigenvalue weighted by molar-refractivity contribution is 7.09. The number of aryl methyl sites for hydroxylation is 1. The Kier molecular flexibility index (Phi) is 5.49. The van der Waals surface area contributed by atoms with Crippen LogP contribution in [0.3, 0.4) is 0 Å². The summed E-state index contributed by atoms with van der Waals surface area (Å²) >= 11 is 1.72. The van der Waals surface area contributed by atoms with E-state index < -0.39 is 0 Å². The van der Waals surface area contributed by atoms with E-state index in [2.05, 4.69) is 47.1 Å². The average Bonchev–Trinajstić information content (AvgIpc) is 2.85. The molecule has 5 heteroatoms. The molecule has 108 valence electrons. The van der Waals surface area contributed by atoms with Crippen molar-refractivity contribution in [3.63, 3.8) is 0 Å². The van der Waals surface area contributed by atoms with Gasteiger partial charge in [0.25, 0.3) is 0 Å². The Bertz CT molecular complexity index is 538. The molecule has 0 saturated heterocycles. The maximum absolute atomic E-state index is 4.31. The van der Waals surface area contributed by atoms with Gasteiger partial charge in [-0.1, -0.05) is 6.92 Å². The van der Waals surface area contributed by atoms with Crippen molar-refractivity contribution in [2.75, 3.05) is 18.5 Å². The lowest BCUT2D eigenvalue weighted by atomic mass is 10.2. The molecule has 0 fully saturated rings. The van der Waals surface area contributed by atoms with Crippen molar-refractivity contribution in [2.45, 2.75) is 33.4 Å². The van der Waals surface area contributed by atoms with Gasteiger partial charge in [0.05, 0.1) is 17.7 Å². The summed E-state index contributed by atoms with van der Waals surface area (Å²) in [6.45, 7) is 7.03. The molecule has 2 rings (SSSR count). The van der Waals surface area contributed by atoms with Crippen LogP contribution in [0.15, 0.2) is 24.0 Å². The predicted octanol–water partition coefficient (Wildman–Crippen LogP) is 2.98. The normalized spacial score (nSPS) is 10.8. The molecule has 2 heterocycles. The molecule has 0 atom stereocenters. The van der Waals surface area contributed by atoms with Crippen molar-refractivity contribution in [3.05, 3.63) is 40.1 Å². The van der Waals surface area contributed by atoms with Gasteiger partial charge >= 0.3 is 0 Å². The second-order valence-corrected chi connectivity index (χ2v) is 5.84. The summed E-state index contributed by atoms with van der Waals surface area (Å²) in [4.78, 5) is 12.1. The summed E-state index contributed by atoms with van der Waals surface area (Å²) in [5.41, 5.74) is 5.51. The molecular weight excluding hydrogens is 268 g/mol. The number of hydrogen-bond acceptors (Lipinski definition) is 5. The number of anilines is 1. The Morgan fingerprint density at radius 2 is 2.25 bits per heavy atom. The van der Waals surface area contributed by atoms with Crippen LogP contribution in [0.5, 0.6) is 0 Å². The van der Waals surface area contributed by atoms with E-state index in [0.29, 0.717) is 0 Å². The average molecular weight is 290 g/mol. The zero-order valence-electron chi connectivity index (χ0n) is 12.4. The van der Waals surface area contributed by atoms with Crippen molar-refractivity contribution < 1.29 is 0 Å². The van der Waals surface area contributed by atoms with Gasteiger partial charge in [-0.25, -0.2) is 4.98 Å². The highest BCUT2D eigenvalue weighted by Gasteiger charge is 2.10. The standard InChI is InChI=1S/C15H22N4S/c1-4-6-16-8-13-9-17-7-5-14(13)19(3)10-15-12(2)18-11-20-15/h5,7,9,11,16H,4,6,8,10H2,1-3H3. The molecule has 1 N–H and O–H groups in total. The summed E-state index contributed by atoms with van der Waals surface area (Å²) in [5.74, 6) is 0. The number of thiazole rings is 1. The molecule has 0 saturated carbocycles. The Labute approximate surface area is 124 Å². The highest BCUT2D eigenvalue weighted by atomic mass is 32.1. The second-order valence-electron chi connectivity index (χ2n) is 4.90. The summed E-state index contributed by atoms with van der Waals surface area (Å²) in [6.07, 6.45) is 4.95. The van der Waals surface area contributed by atoms with Crippen LogP contribution in [0, 0.1) is 6.92 Å². The summed E-state index contributed by atoms with van der Waals surface area (Å²) in [5, 5.41) is 3.44. The van der Waals surface area contributed by atoms with Crippen LogP contribution in [-0.2, 0) is 13.1 Å². The smallest absolute Gasteiger partial charge is 0.0798 e. The fraction of sp³-hybridized carbons (Fsp3) is 0.467. The fourth-order valence-electron chi connectivity index (χ4n) is 2.11. The van der Waals surface area contributed by atoms with Crippen LogP contribution < -0.4 is 10.2 Å². The van der Waals surface area contributed by atoms with Gasteiger partial charge in [0.2, 0.25) is 0 Å². The van der Waals surface area contributed by atoms with Gasteiger partial charge in [-0.2, -0.15) is 0 Å². The van der Waals surface area contributed by atoms with Crippen LogP contribution >= 0.6 is 11.3 Å². The van der Waals surface area contributed by atoms with Gasteiger partial charge in [-0.15, -0.1) is 11.3 Å². The van der Waals surface area contributed by atoms with Gasteiger partial charge in [-0.3, -0.25) is 4.98 Å². The van der Waals surface area contributed by atoms with E-state index in [9.17, 15) is 0 Å². The van der Waals surface area contributed by atoms with E-state index in [4.69, 9.17) is 0 Å². The SMILES string of the molecule is CCCNCc1cnccc1N(C)Cc1scnc1C. The lowest BCUT2D eigenvalue weighted by Crippen LogP contribution is -2.21. The Hall–Kier alpha value is -1.46. The molecule has 0 spiro atoms. The summed E-state index contributed by atoms with van der Waals surface area (Å²) in [7, 11) is 2.12. The van der Waals surface area contributed by atoms with E-state index in [0.717, 1.165) is 31.7 Å². The first-order valence-electron chi connectivity index (χ1n) is 6.96. The molecule has 2 aromatic heterocycles. The highest BCUT2D eigenvalue weighted by Crippen LogP contribution is 2.22. The first-order valence-corrected chi connectivity index (χ1v) is 7.84. The van der Waals surface area contributed by atoms with E-state index in [1.54, 1.807) is 11.3 Å². The Morgan fingerprint density at radius 1 is 1.40 bits per heavy atom. The Morgan fingerprint density at radius 3 is 2.95 bits per heavy atom. The zero-order valence-corrected chi connectivity index (χ0v) is 13.2. The number of hydrogen-bond donors (Lipinski definition) is 1. The minimum Gasteiger partial charge on any atom is -0.369 e. The van der Waals surface area contributed by atoms with Crippen molar-refractivity contribution in [2.24, 2.45) is 0 Å². The molecular formula is C15H22N4S. The third kappa shape index (κ3) is 3.77. The quantitative estimate of drug-likeness (QED) is 0.796. The van der Waals surface area contributed by atoms with E-state index in [-0.39, 0.29) is 0 Å². The molecule has 0 aromatic carbocycles. The number of nitrogens with zero attached hydrogens (tertiary/aromatic N) is 3. The number of pyridine rings is 1. The summed E-state index contributed by atoms with van der Waals surface area (Å²) < 4.78 is 0. The Balaban J connectivity index is 2.08. The largest absolute Gasteiger partial charge is 0.369 e. The third-order valence-corrected chi connectivity index (χ3v) is 4.18. The van der Waals surface area contributed by atoms with Crippen LogP contribution in [0.1, 0.15) is 29.5 Å². The van der Waals surface area contributed by atoms with Gasteiger partial charge in [0, 0.05) is 42.1 Å². The first kappa shape index (κ1) is 14.9. The summed E-state index contributed by atoms with van der Waals surface area (Å²) in [6, 6.07) is 2.08. The number of aromatic nitrogens is 2. The van der Waals surface area contributed by atoms with Gasteiger partial charge in [0.15, 0.2) is 0 Å². The molecule has 0 amide bonds. The topological polar surface area (TPSA) is 41.1 Å². The van der Waals surface area contributed by atoms with E-state index in [1.165, 1.54) is 16.1 Å². The lowest BCUT2D eigenvalue weighted by Gasteiger charge is -2.22. The predicted molar refractivity (Wildman–Crippen MR) is 85.2 cm³/mol. The maximum atomic E-state index is 4.31. The molecule has 0 aliphatic carbocycles. The fourth-order valence-corrected chi connectivity index (χ4v) is 2.94. The van der Waals surface area contributed by atoms with Crippen molar-refractivity contribution in [3.8, 4) is 0 Å². The molecule has 0 radical (unpaired) electrons. The van der Waals surface area contributed by atoms with Crippen molar-refractivity contribution in [1.29, 1.82) is 0 Å². The van der Waals surface area contributed by atoms with E-state index >= 15 is 0 Å². The van der Waals surface area contributed by atoms with E-state index in [1.807, 2.05) is 17.9 Å². The van der Waals surface area contributed by atoms with Crippen molar-refractivity contribution in [1.82, 2.24) is 15.3 Å². The molecule has 0 aliphatic rings. The lowest BCUT2D eigenvalue weighted by molar-refractivity contribution is 0.672. The van der Waals surface area contributed by atoms with Crippen molar-refractivity contribution >= 4 is 17.0 Å². The zero-order chi connectivity index (χ0) is 14.4. The first-order chi connectivity index (χ1) is 9.72. The second kappa shape index (κ2) is 7.36. The molecule has 4 nitrogen and oxygen atoms in total. The molecule has 0 bridgehead atoms. The van der Waals surface area contributed by atoms with Crippen LogP contribution in [0.25, 0.3) is 0 Å². The van der Waals surface area contributed by atoms with Gasteiger partial charge in [0.1, 0.15) is 0 Å². The number of rotatable bonds is 7. The molecule has 0 aliphatic heterocycles. The molecule has 20 heavy (non-hydrogen) atoms. The minimum atomic E-state index is 0.864. The molecule has 0 unspecified atom stereocenters. The molecule has 2 aromatic rings. The van der Waals surface area contributed by atoms with Crippen LogP contribution in [0.4, 0.5) is 5.69 Å².